The number of hydrogen-bond donors (Lipinski definition) is 2. The Hall–Kier alpha value is -1.26. The van der Waals surface area contributed by atoms with Crippen molar-refractivity contribution in [2.45, 2.75) is 63.7 Å². The molecule has 0 amide bonds. The lowest BCUT2D eigenvalue weighted by Gasteiger charge is -2.27. The van der Waals surface area contributed by atoms with E-state index >= 15 is 0 Å². The summed E-state index contributed by atoms with van der Waals surface area (Å²) < 4.78 is 11.4. The van der Waals surface area contributed by atoms with Gasteiger partial charge in [-0.1, -0.05) is 38.2 Å². The van der Waals surface area contributed by atoms with E-state index in [2.05, 4.69) is 0 Å². The van der Waals surface area contributed by atoms with Gasteiger partial charge in [0.2, 0.25) is 0 Å². The number of benzene rings is 1. The number of fused-ring (bicyclic) bond motifs is 1. The highest BCUT2D eigenvalue weighted by molar-refractivity contribution is 5.41. The molecule has 4 nitrogen and oxygen atoms in total. The van der Waals surface area contributed by atoms with Crippen LogP contribution in [-0.2, 0) is 6.42 Å². The van der Waals surface area contributed by atoms with Gasteiger partial charge in [-0.2, -0.15) is 0 Å². The molecule has 3 rings (SSSR count). The van der Waals surface area contributed by atoms with Crippen LogP contribution in [0.3, 0.4) is 0 Å². The molecule has 0 spiro atoms. The van der Waals surface area contributed by atoms with Crippen LogP contribution in [-0.4, -0.2) is 24.0 Å². The number of rotatable bonds is 5. The highest BCUT2D eigenvalue weighted by atomic mass is 16.5. The van der Waals surface area contributed by atoms with E-state index in [0.29, 0.717) is 11.7 Å². The molecule has 0 saturated heterocycles. The fourth-order valence-electron chi connectivity index (χ4n) is 3.53. The summed E-state index contributed by atoms with van der Waals surface area (Å²) in [4.78, 5) is 0. The Morgan fingerprint density at radius 2 is 2.05 bits per heavy atom. The van der Waals surface area contributed by atoms with Gasteiger partial charge in [0, 0.05) is 6.07 Å². The molecule has 3 N–H and O–H groups in total. The molecule has 0 bridgehead atoms. The van der Waals surface area contributed by atoms with E-state index in [0.717, 1.165) is 31.6 Å². The highest BCUT2D eigenvalue weighted by Gasteiger charge is 2.23. The maximum absolute atomic E-state index is 10.3. The minimum atomic E-state index is -0.677. The molecule has 2 aliphatic rings. The lowest BCUT2D eigenvalue weighted by Crippen LogP contribution is -2.41. The summed E-state index contributed by atoms with van der Waals surface area (Å²) in [5, 5.41) is 10.3. The van der Waals surface area contributed by atoms with Crippen molar-refractivity contribution in [2.24, 2.45) is 11.7 Å². The Labute approximate surface area is 132 Å². The third-order valence-corrected chi connectivity index (χ3v) is 4.84. The van der Waals surface area contributed by atoms with Crippen LogP contribution < -0.4 is 15.2 Å². The molecule has 1 aliphatic carbocycles. The first kappa shape index (κ1) is 15.6. The van der Waals surface area contributed by atoms with Gasteiger partial charge in [-0.25, -0.2) is 0 Å². The maximum atomic E-state index is 10.3. The van der Waals surface area contributed by atoms with E-state index in [9.17, 15) is 5.11 Å². The summed E-state index contributed by atoms with van der Waals surface area (Å²) in [6.07, 6.45) is 7.84. The first-order valence-corrected chi connectivity index (χ1v) is 8.58. The number of ether oxygens (including phenoxy) is 2. The van der Waals surface area contributed by atoms with Gasteiger partial charge >= 0.3 is 0 Å². The highest BCUT2D eigenvalue weighted by Crippen LogP contribution is 2.31. The number of aryl methyl sites for hydroxylation is 1. The molecule has 1 fully saturated rings. The van der Waals surface area contributed by atoms with E-state index in [1.165, 1.54) is 37.7 Å². The monoisotopic (exact) mass is 305 g/mol. The van der Waals surface area contributed by atoms with Crippen molar-refractivity contribution in [1.82, 2.24) is 0 Å². The molecule has 122 valence electrons. The van der Waals surface area contributed by atoms with Gasteiger partial charge < -0.3 is 14.6 Å². The second-order valence-electron chi connectivity index (χ2n) is 6.61. The molecule has 2 atom stereocenters. The van der Waals surface area contributed by atoms with E-state index in [4.69, 9.17) is 15.2 Å². The zero-order valence-corrected chi connectivity index (χ0v) is 13.2. The molecule has 0 radical (unpaired) electrons. The molecule has 1 saturated carbocycles. The summed E-state index contributed by atoms with van der Waals surface area (Å²) in [6, 6.07) is 5.84. The molecule has 0 aromatic heterocycles. The lowest BCUT2D eigenvalue weighted by atomic mass is 9.85. The second-order valence-corrected chi connectivity index (χ2v) is 6.61. The Morgan fingerprint density at radius 1 is 1.23 bits per heavy atom. The van der Waals surface area contributed by atoms with Crippen molar-refractivity contribution < 1.29 is 14.6 Å². The Balaban J connectivity index is 1.55. The summed E-state index contributed by atoms with van der Waals surface area (Å²) in [5.41, 5.74) is 7.25. The number of hydrogen-bond acceptors (Lipinski definition) is 4. The van der Waals surface area contributed by atoms with Crippen molar-refractivity contribution in [2.75, 3.05) is 6.61 Å². The summed E-state index contributed by atoms with van der Waals surface area (Å²) >= 11 is 0. The van der Waals surface area contributed by atoms with Crippen LogP contribution >= 0.6 is 0 Å². The fraction of sp³-hybridized carbons (Fsp3) is 0.667. The van der Waals surface area contributed by atoms with Gasteiger partial charge in [-0.15, -0.1) is 0 Å². The molecule has 22 heavy (non-hydrogen) atoms. The average molecular weight is 305 g/mol. The maximum Gasteiger partial charge on any atom is 0.173 e. The predicted molar refractivity (Wildman–Crippen MR) is 86.1 cm³/mol. The zero-order chi connectivity index (χ0) is 15.4. The Bertz CT molecular complexity index is 485. The molecule has 1 aliphatic heterocycles. The SMILES string of the molecule is NC(Oc1ccc2c(c1)OCCC2)C(O)CC1CCCCC1. The third-order valence-electron chi connectivity index (χ3n) is 4.84. The molecular weight excluding hydrogens is 278 g/mol. The summed E-state index contributed by atoms with van der Waals surface area (Å²) in [7, 11) is 0. The van der Waals surface area contributed by atoms with E-state index in [-0.39, 0.29) is 0 Å². The van der Waals surface area contributed by atoms with Crippen LogP contribution in [0.1, 0.15) is 50.5 Å². The standard InChI is InChI=1S/C18H27NO3/c19-18(16(20)11-13-5-2-1-3-6-13)22-15-9-8-14-7-4-10-21-17(14)12-15/h8-9,12-13,16,18,20H,1-7,10-11,19H2. The molecule has 4 heteroatoms. The number of aliphatic hydroxyl groups excluding tert-OH is 1. The Kier molecular flexibility index (Phi) is 5.21. The molecule has 1 aromatic rings. The largest absolute Gasteiger partial charge is 0.493 e. The molecule has 1 heterocycles. The van der Waals surface area contributed by atoms with Gasteiger partial charge in [0.05, 0.1) is 6.61 Å². The van der Waals surface area contributed by atoms with Crippen molar-refractivity contribution in [3.63, 3.8) is 0 Å². The van der Waals surface area contributed by atoms with Crippen LogP contribution in [0.25, 0.3) is 0 Å². The topological polar surface area (TPSA) is 64.7 Å². The Morgan fingerprint density at radius 3 is 2.86 bits per heavy atom. The molecule has 1 aromatic carbocycles. The quantitative estimate of drug-likeness (QED) is 0.821. The first-order valence-electron chi connectivity index (χ1n) is 8.58. The number of nitrogens with two attached hydrogens (primary N) is 1. The minimum absolute atomic E-state index is 0.588. The minimum Gasteiger partial charge on any atom is -0.493 e. The van der Waals surface area contributed by atoms with E-state index in [1.54, 1.807) is 0 Å². The van der Waals surface area contributed by atoms with Crippen molar-refractivity contribution in [3.05, 3.63) is 23.8 Å². The van der Waals surface area contributed by atoms with Gasteiger partial charge in [-0.05, 0) is 36.8 Å². The van der Waals surface area contributed by atoms with Gasteiger partial charge in [0.15, 0.2) is 6.23 Å². The third kappa shape index (κ3) is 3.93. The van der Waals surface area contributed by atoms with Gasteiger partial charge in [0.25, 0.3) is 0 Å². The average Bonchev–Trinajstić information content (AvgIpc) is 2.55. The first-order chi connectivity index (χ1) is 10.7. The van der Waals surface area contributed by atoms with Gasteiger partial charge in [-0.3, -0.25) is 5.73 Å². The lowest BCUT2D eigenvalue weighted by molar-refractivity contribution is 0.0198. The normalized spacial score (nSPS) is 21.5. The van der Waals surface area contributed by atoms with E-state index < -0.39 is 12.3 Å². The summed E-state index contributed by atoms with van der Waals surface area (Å²) in [6.45, 7) is 0.757. The molecular formula is C18H27NO3. The van der Waals surface area contributed by atoms with Crippen LogP contribution in [0, 0.1) is 5.92 Å². The molecule has 2 unspecified atom stereocenters. The van der Waals surface area contributed by atoms with Crippen molar-refractivity contribution in [3.8, 4) is 11.5 Å². The fourth-order valence-corrected chi connectivity index (χ4v) is 3.53. The zero-order valence-electron chi connectivity index (χ0n) is 13.2. The van der Waals surface area contributed by atoms with Crippen LogP contribution in [0.15, 0.2) is 18.2 Å². The van der Waals surface area contributed by atoms with Gasteiger partial charge in [0.1, 0.15) is 17.6 Å². The van der Waals surface area contributed by atoms with Crippen LogP contribution in [0.5, 0.6) is 11.5 Å². The second kappa shape index (κ2) is 7.34. The van der Waals surface area contributed by atoms with E-state index in [1.807, 2.05) is 18.2 Å². The van der Waals surface area contributed by atoms with Crippen molar-refractivity contribution in [1.29, 1.82) is 0 Å². The smallest absolute Gasteiger partial charge is 0.173 e. The predicted octanol–water partition coefficient (Wildman–Crippen LogP) is 3.01. The van der Waals surface area contributed by atoms with Crippen LogP contribution in [0.2, 0.25) is 0 Å². The number of aliphatic hydroxyl groups is 1. The van der Waals surface area contributed by atoms with Crippen LogP contribution in [0.4, 0.5) is 0 Å². The van der Waals surface area contributed by atoms with Crippen molar-refractivity contribution >= 4 is 0 Å². The summed E-state index contributed by atoms with van der Waals surface area (Å²) in [5.74, 6) is 2.15.